The molecule has 6 nitrogen and oxygen atoms in total. The van der Waals surface area contributed by atoms with Gasteiger partial charge in [0.15, 0.2) is 0 Å². The normalized spacial score (nSPS) is 18.7. The molecule has 1 aliphatic rings. The first-order valence-electron chi connectivity index (χ1n) is 6.46. The third-order valence-electron chi connectivity index (χ3n) is 3.50. The maximum absolute atomic E-state index is 12.0. The van der Waals surface area contributed by atoms with Crippen LogP contribution in [0.25, 0.3) is 0 Å². The number of halogens is 1. The highest BCUT2D eigenvalue weighted by Crippen LogP contribution is 2.34. The van der Waals surface area contributed by atoms with Crippen molar-refractivity contribution < 1.29 is 9.72 Å². The number of nitrogens with one attached hydrogen (secondary N) is 1. The van der Waals surface area contributed by atoms with Gasteiger partial charge < -0.3 is 10.2 Å². The average Bonchev–Trinajstić information content (AvgIpc) is 2.46. The molecule has 0 radical (unpaired) electrons. The zero-order valence-electron chi connectivity index (χ0n) is 11.1. The molecule has 1 N–H and O–H groups in total. The number of nitrogens with zero attached hydrogens (tertiary/aromatic N) is 2. The maximum atomic E-state index is 12.0. The van der Waals surface area contributed by atoms with Crippen LogP contribution in [-0.4, -0.2) is 30.5 Å². The van der Waals surface area contributed by atoms with Crippen LogP contribution in [0.1, 0.15) is 19.3 Å². The quantitative estimate of drug-likeness (QED) is 0.676. The van der Waals surface area contributed by atoms with Crippen LogP contribution in [0.5, 0.6) is 0 Å². The largest absolute Gasteiger partial charge is 0.357 e. The monoisotopic (exact) mass is 341 g/mol. The summed E-state index contributed by atoms with van der Waals surface area (Å²) in [6.07, 6.45) is 2.60. The molecule has 1 aromatic rings. The fourth-order valence-electron chi connectivity index (χ4n) is 2.54. The minimum absolute atomic E-state index is 0.0233. The molecule has 1 aromatic carbocycles. The van der Waals surface area contributed by atoms with Crippen molar-refractivity contribution in [2.75, 3.05) is 18.5 Å². The molecule has 1 heterocycles. The number of hydrogen-bond acceptors (Lipinski definition) is 4. The lowest BCUT2D eigenvalue weighted by atomic mass is 10.00. The lowest BCUT2D eigenvalue weighted by Gasteiger charge is -2.35. The number of anilines is 1. The molecule has 0 bridgehead atoms. The van der Waals surface area contributed by atoms with E-state index in [1.165, 1.54) is 6.07 Å². The number of nitro benzene ring substituents is 1. The second-order valence-corrected chi connectivity index (χ2v) is 5.63. The number of carbonyl (C=O) groups excluding carboxylic acids is 1. The smallest absolute Gasteiger partial charge is 0.293 e. The van der Waals surface area contributed by atoms with Gasteiger partial charge in [-0.25, -0.2) is 0 Å². The third-order valence-corrected chi connectivity index (χ3v) is 3.99. The summed E-state index contributed by atoms with van der Waals surface area (Å²) in [5.41, 5.74) is 0.529. The summed E-state index contributed by atoms with van der Waals surface area (Å²) in [6, 6.07) is 4.60. The van der Waals surface area contributed by atoms with E-state index in [-0.39, 0.29) is 17.6 Å². The molecule has 2 rings (SSSR count). The van der Waals surface area contributed by atoms with Gasteiger partial charge in [-0.3, -0.25) is 14.9 Å². The third kappa shape index (κ3) is 2.92. The van der Waals surface area contributed by atoms with E-state index < -0.39 is 4.92 Å². The maximum Gasteiger partial charge on any atom is 0.293 e. The van der Waals surface area contributed by atoms with Gasteiger partial charge in [0.1, 0.15) is 11.7 Å². The molecule has 1 atom stereocenters. The van der Waals surface area contributed by atoms with Gasteiger partial charge in [0.25, 0.3) is 5.69 Å². The zero-order valence-corrected chi connectivity index (χ0v) is 12.7. The Morgan fingerprint density at radius 1 is 1.50 bits per heavy atom. The summed E-state index contributed by atoms with van der Waals surface area (Å²) in [7, 11) is 1.59. The minimum Gasteiger partial charge on any atom is -0.357 e. The summed E-state index contributed by atoms with van der Waals surface area (Å²) in [6.45, 7) is 0.653. The Morgan fingerprint density at radius 2 is 2.25 bits per heavy atom. The standard InChI is InChI=1S/C13H16BrN3O3/c1-15-13(18)11-4-2-3-7-16(11)10-6-5-9(14)8-12(10)17(19)20/h5-6,8,11H,2-4,7H2,1H3,(H,15,18). The molecule has 7 heteroatoms. The average molecular weight is 342 g/mol. The topological polar surface area (TPSA) is 75.5 Å². The van der Waals surface area contributed by atoms with E-state index in [2.05, 4.69) is 21.2 Å². The van der Waals surface area contributed by atoms with Gasteiger partial charge in [0.2, 0.25) is 5.91 Å². The fraction of sp³-hybridized carbons (Fsp3) is 0.462. The molecule has 20 heavy (non-hydrogen) atoms. The number of rotatable bonds is 3. The van der Waals surface area contributed by atoms with Gasteiger partial charge in [0, 0.05) is 24.1 Å². The van der Waals surface area contributed by atoms with E-state index in [1.807, 2.05) is 4.90 Å². The van der Waals surface area contributed by atoms with Crippen molar-refractivity contribution >= 4 is 33.2 Å². The lowest BCUT2D eigenvalue weighted by Crippen LogP contribution is -2.49. The predicted molar refractivity (Wildman–Crippen MR) is 79.8 cm³/mol. The van der Waals surface area contributed by atoms with E-state index in [9.17, 15) is 14.9 Å². The number of carbonyl (C=O) groups is 1. The number of piperidine rings is 1. The van der Waals surface area contributed by atoms with Crippen LogP contribution in [0.2, 0.25) is 0 Å². The summed E-state index contributed by atoms with van der Waals surface area (Å²) >= 11 is 3.24. The van der Waals surface area contributed by atoms with Crippen LogP contribution in [0.4, 0.5) is 11.4 Å². The number of benzene rings is 1. The molecule has 1 saturated heterocycles. The molecule has 0 spiro atoms. The van der Waals surface area contributed by atoms with E-state index in [0.29, 0.717) is 23.1 Å². The van der Waals surface area contributed by atoms with Crippen molar-refractivity contribution in [3.05, 3.63) is 32.8 Å². The van der Waals surface area contributed by atoms with Gasteiger partial charge in [-0.05, 0) is 31.4 Å². The Kier molecular flexibility index (Phi) is 4.59. The predicted octanol–water partition coefficient (Wildman–Crippen LogP) is 2.46. The van der Waals surface area contributed by atoms with Crippen molar-refractivity contribution in [3.63, 3.8) is 0 Å². The fourth-order valence-corrected chi connectivity index (χ4v) is 2.89. The molecular formula is C13H16BrN3O3. The second kappa shape index (κ2) is 6.21. The molecule has 0 saturated carbocycles. The number of amides is 1. The summed E-state index contributed by atoms with van der Waals surface area (Å²) in [4.78, 5) is 24.6. The van der Waals surface area contributed by atoms with E-state index >= 15 is 0 Å². The SMILES string of the molecule is CNC(=O)C1CCCCN1c1ccc(Br)cc1[N+](=O)[O-]. The summed E-state index contributed by atoms with van der Waals surface area (Å²) in [5, 5.41) is 13.9. The van der Waals surface area contributed by atoms with Crippen LogP contribution in [-0.2, 0) is 4.79 Å². The van der Waals surface area contributed by atoms with E-state index in [4.69, 9.17) is 0 Å². The van der Waals surface area contributed by atoms with Crippen molar-refractivity contribution in [3.8, 4) is 0 Å². The number of hydrogen-bond donors (Lipinski definition) is 1. The lowest BCUT2D eigenvalue weighted by molar-refractivity contribution is -0.384. The van der Waals surface area contributed by atoms with E-state index in [0.717, 1.165) is 12.8 Å². The zero-order chi connectivity index (χ0) is 14.7. The van der Waals surface area contributed by atoms with Crippen molar-refractivity contribution in [1.82, 2.24) is 5.32 Å². The van der Waals surface area contributed by atoms with Crippen molar-refractivity contribution in [2.45, 2.75) is 25.3 Å². The van der Waals surface area contributed by atoms with Gasteiger partial charge >= 0.3 is 0 Å². The first-order chi connectivity index (χ1) is 9.54. The molecule has 1 amide bonds. The summed E-state index contributed by atoms with van der Waals surface area (Å²) in [5.74, 6) is -0.0954. The van der Waals surface area contributed by atoms with Gasteiger partial charge in [-0.1, -0.05) is 15.9 Å². The highest BCUT2D eigenvalue weighted by atomic mass is 79.9. The number of likely N-dealkylation sites (N-methyl/N-ethyl adjacent to an activating group) is 1. The highest BCUT2D eigenvalue weighted by molar-refractivity contribution is 9.10. The molecule has 1 fully saturated rings. The van der Waals surface area contributed by atoms with E-state index in [1.54, 1.807) is 19.2 Å². The van der Waals surface area contributed by atoms with Gasteiger partial charge in [-0.2, -0.15) is 0 Å². The number of nitro groups is 1. The summed E-state index contributed by atoms with van der Waals surface area (Å²) < 4.78 is 0.654. The van der Waals surface area contributed by atoms with Crippen LogP contribution >= 0.6 is 15.9 Å². The Labute approximate surface area is 125 Å². The molecular weight excluding hydrogens is 326 g/mol. The molecule has 0 aliphatic carbocycles. The van der Waals surface area contributed by atoms with Gasteiger partial charge in [-0.15, -0.1) is 0 Å². The van der Waals surface area contributed by atoms with Gasteiger partial charge in [0.05, 0.1) is 4.92 Å². The van der Waals surface area contributed by atoms with Crippen molar-refractivity contribution in [2.24, 2.45) is 0 Å². The Bertz CT molecular complexity index is 536. The van der Waals surface area contributed by atoms with Crippen LogP contribution in [0.3, 0.4) is 0 Å². The first kappa shape index (κ1) is 14.8. The molecule has 108 valence electrons. The highest BCUT2D eigenvalue weighted by Gasteiger charge is 2.32. The Morgan fingerprint density at radius 3 is 2.90 bits per heavy atom. The minimum atomic E-state index is -0.407. The molecule has 1 aliphatic heterocycles. The molecule has 0 aromatic heterocycles. The first-order valence-corrected chi connectivity index (χ1v) is 7.26. The second-order valence-electron chi connectivity index (χ2n) is 4.71. The Balaban J connectivity index is 2.42. The van der Waals surface area contributed by atoms with Crippen LogP contribution in [0.15, 0.2) is 22.7 Å². The Hall–Kier alpha value is -1.63. The molecule has 1 unspecified atom stereocenters. The van der Waals surface area contributed by atoms with Crippen LogP contribution in [0, 0.1) is 10.1 Å². The van der Waals surface area contributed by atoms with Crippen molar-refractivity contribution in [1.29, 1.82) is 0 Å². The van der Waals surface area contributed by atoms with Crippen LogP contribution < -0.4 is 10.2 Å².